The van der Waals surface area contributed by atoms with Crippen molar-refractivity contribution in [1.29, 1.82) is 0 Å². The summed E-state index contributed by atoms with van der Waals surface area (Å²) < 4.78 is 13.3. The van der Waals surface area contributed by atoms with Crippen LogP contribution in [-0.2, 0) is 0 Å². The average Bonchev–Trinajstić information content (AvgIpc) is 2.65. The summed E-state index contributed by atoms with van der Waals surface area (Å²) in [5.41, 5.74) is 3.31. The van der Waals surface area contributed by atoms with Gasteiger partial charge in [-0.3, -0.25) is 4.79 Å². The SMILES string of the molecule is O=C(Nc1cccc(F)c1)c1cccc(NC2CC(c3ccccc3)C2)c1. The van der Waals surface area contributed by atoms with Gasteiger partial charge in [0.05, 0.1) is 0 Å². The number of carbonyl (C=O) groups excluding carboxylic acids is 1. The molecule has 136 valence electrons. The van der Waals surface area contributed by atoms with Gasteiger partial charge in [0.25, 0.3) is 5.91 Å². The quantitative estimate of drug-likeness (QED) is 0.636. The largest absolute Gasteiger partial charge is 0.382 e. The molecule has 0 unspecified atom stereocenters. The van der Waals surface area contributed by atoms with Gasteiger partial charge in [0.1, 0.15) is 5.82 Å². The zero-order valence-electron chi connectivity index (χ0n) is 14.9. The van der Waals surface area contributed by atoms with Crippen LogP contribution in [0.2, 0.25) is 0 Å². The molecule has 1 saturated carbocycles. The topological polar surface area (TPSA) is 41.1 Å². The Morgan fingerprint density at radius 2 is 1.59 bits per heavy atom. The van der Waals surface area contributed by atoms with Crippen molar-refractivity contribution < 1.29 is 9.18 Å². The van der Waals surface area contributed by atoms with Crippen molar-refractivity contribution >= 4 is 17.3 Å². The van der Waals surface area contributed by atoms with E-state index in [0.717, 1.165) is 18.5 Å². The van der Waals surface area contributed by atoms with Crippen LogP contribution in [0.25, 0.3) is 0 Å². The molecular weight excluding hydrogens is 339 g/mol. The second-order valence-electron chi connectivity index (χ2n) is 6.97. The highest BCUT2D eigenvalue weighted by atomic mass is 19.1. The first kappa shape index (κ1) is 17.3. The van der Waals surface area contributed by atoms with Crippen molar-refractivity contribution in [3.8, 4) is 0 Å². The second kappa shape index (κ2) is 7.62. The summed E-state index contributed by atoms with van der Waals surface area (Å²) in [6.07, 6.45) is 2.17. The number of anilines is 2. The Hall–Kier alpha value is -3.14. The Balaban J connectivity index is 1.36. The highest BCUT2D eigenvalue weighted by Gasteiger charge is 2.30. The highest BCUT2D eigenvalue weighted by Crippen LogP contribution is 2.38. The highest BCUT2D eigenvalue weighted by molar-refractivity contribution is 6.04. The molecular formula is C23H21FN2O. The molecule has 1 aliphatic carbocycles. The van der Waals surface area contributed by atoms with Gasteiger partial charge in [-0.05, 0) is 60.7 Å². The van der Waals surface area contributed by atoms with Crippen LogP contribution in [0.5, 0.6) is 0 Å². The van der Waals surface area contributed by atoms with E-state index in [-0.39, 0.29) is 11.7 Å². The van der Waals surface area contributed by atoms with Crippen LogP contribution in [0.4, 0.5) is 15.8 Å². The van der Waals surface area contributed by atoms with E-state index in [9.17, 15) is 9.18 Å². The third kappa shape index (κ3) is 4.17. The molecule has 4 heteroatoms. The van der Waals surface area contributed by atoms with Crippen molar-refractivity contribution in [1.82, 2.24) is 0 Å². The van der Waals surface area contributed by atoms with Gasteiger partial charge in [-0.2, -0.15) is 0 Å². The van der Waals surface area contributed by atoms with Crippen LogP contribution in [0.3, 0.4) is 0 Å². The van der Waals surface area contributed by atoms with Crippen molar-refractivity contribution in [2.45, 2.75) is 24.8 Å². The maximum Gasteiger partial charge on any atom is 0.255 e. The Morgan fingerprint density at radius 3 is 2.37 bits per heavy atom. The fourth-order valence-corrected chi connectivity index (χ4v) is 3.49. The lowest BCUT2D eigenvalue weighted by molar-refractivity contribution is 0.102. The molecule has 0 aliphatic heterocycles. The van der Waals surface area contributed by atoms with Gasteiger partial charge in [0.2, 0.25) is 0 Å². The molecule has 3 aromatic rings. The maximum absolute atomic E-state index is 13.3. The van der Waals surface area contributed by atoms with E-state index in [1.54, 1.807) is 18.2 Å². The normalized spacial score (nSPS) is 18.4. The molecule has 0 bridgehead atoms. The molecule has 1 aliphatic rings. The molecule has 4 rings (SSSR count). The molecule has 1 fully saturated rings. The van der Waals surface area contributed by atoms with Crippen molar-refractivity contribution in [2.75, 3.05) is 10.6 Å². The molecule has 0 spiro atoms. The van der Waals surface area contributed by atoms with Gasteiger partial charge < -0.3 is 10.6 Å². The van der Waals surface area contributed by atoms with Crippen LogP contribution >= 0.6 is 0 Å². The zero-order valence-corrected chi connectivity index (χ0v) is 14.9. The smallest absolute Gasteiger partial charge is 0.255 e. The van der Waals surface area contributed by atoms with E-state index in [2.05, 4.69) is 34.9 Å². The van der Waals surface area contributed by atoms with Crippen LogP contribution in [0, 0.1) is 5.82 Å². The summed E-state index contributed by atoms with van der Waals surface area (Å²) in [5, 5.41) is 6.24. The van der Waals surface area contributed by atoms with Crippen molar-refractivity contribution in [3.05, 3.63) is 95.8 Å². The Morgan fingerprint density at radius 1 is 0.852 bits per heavy atom. The predicted molar refractivity (Wildman–Crippen MR) is 107 cm³/mol. The van der Waals surface area contributed by atoms with Gasteiger partial charge in [-0.15, -0.1) is 0 Å². The number of hydrogen-bond acceptors (Lipinski definition) is 2. The summed E-state index contributed by atoms with van der Waals surface area (Å²) >= 11 is 0. The number of amides is 1. The first-order valence-electron chi connectivity index (χ1n) is 9.16. The van der Waals surface area contributed by atoms with Gasteiger partial charge in [-0.25, -0.2) is 4.39 Å². The first-order chi connectivity index (χ1) is 13.2. The molecule has 27 heavy (non-hydrogen) atoms. The number of carbonyl (C=O) groups is 1. The number of rotatable bonds is 5. The van der Waals surface area contributed by atoms with Crippen LogP contribution < -0.4 is 10.6 Å². The van der Waals surface area contributed by atoms with Crippen LogP contribution in [-0.4, -0.2) is 11.9 Å². The van der Waals surface area contributed by atoms with E-state index in [4.69, 9.17) is 0 Å². The lowest BCUT2D eigenvalue weighted by atomic mass is 9.76. The van der Waals surface area contributed by atoms with Crippen LogP contribution in [0.1, 0.15) is 34.7 Å². The van der Waals surface area contributed by atoms with Crippen LogP contribution in [0.15, 0.2) is 78.9 Å². The second-order valence-corrected chi connectivity index (χ2v) is 6.97. The third-order valence-electron chi connectivity index (χ3n) is 4.99. The molecule has 3 aromatic carbocycles. The lowest BCUT2D eigenvalue weighted by Gasteiger charge is -2.37. The van der Waals surface area contributed by atoms with Gasteiger partial charge >= 0.3 is 0 Å². The van der Waals surface area contributed by atoms with Crippen molar-refractivity contribution in [3.63, 3.8) is 0 Å². The molecule has 0 heterocycles. The maximum atomic E-state index is 13.3. The zero-order chi connectivity index (χ0) is 18.6. The van der Waals surface area contributed by atoms with Gasteiger partial charge in [0, 0.05) is 23.0 Å². The molecule has 3 nitrogen and oxygen atoms in total. The summed E-state index contributed by atoms with van der Waals surface area (Å²) in [6.45, 7) is 0. The van der Waals surface area contributed by atoms with Gasteiger partial charge in [-0.1, -0.05) is 42.5 Å². The Kier molecular flexibility index (Phi) is 4.88. The summed E-state index contributed by atoms with van der Waals surface area (Å²) in [4.78, 5) is 12.4. The van der Waals surface area contributed by atoms with E-state index in [1.165, 1.54) is 17.7 Å². The fourth-order valence-electron chi connectivity index (χ4n) is 3.49. The minimum atomic E-state index is -0.374. The number of benzene rings is 3. The molecule has 0 aromatic heterocycles. The molecule has 1 amide bonds. The Bertz CT molecular complexity index is 936. The minimum absolute atomic E-state index is 0.250. The summed E-state index contributed by atoms with van der Waals surface area (Å²) in [7, 11) is 0. The van der Waals surface area contributed by atoms with E-state index in [1.807, 2.05) is 24.3 Å². The minimum Gasteiger partial charge on any atom is -0.382 e. The molecule has 0 saturated heterocycles. The van der Waals surface area contributed by atoms with Crippen molar-refractivity contribution in [2.24, 2.45) is 0 Å². The standard InChI is InChI=1S/C23H21FN2O/c24-19-9-5-11-21(15-19)26-23(27)17-8-4-10-20(12-17)25-22-13-18(14-22)16-6-2-1-3-7-16/h1-12,15,18,22,25H,13-14H2,(H,26,27). The summed E-state index contributed by atoms with van der Waals surface area (Å²) in [5.74, 6) is -0.0237. The van der Waals surface area contributed by atoms with E-state index < -0.39 is 0 Å². The van der Waals surface area contributed by atoms with Gasteiger partial charge in [0.15, 0.2) is 0 Å². The monoisotopic (exact) mass is 360 g/mol. The lowest BCUT2D eigenvalue weighted by Crippen LogP contribution is -2.34. The van der Waals surface area contributed by atoms with E-state index in [0.29, 0.717) is 23.2 Å². The number of nitrogens with one attached hydrogen (secondary N) is 2. The predicted octanol–water partition coefficient (Wildman–Crippen LogP) is 5.44. The average molecular weight is 360 g/mol. The molecule has 2 N–H and O–H groups in total. The summed E-state index contributed by atoms with van der Waals surface area (Å²) in [6, 6.07) is 24.3. The number of halogens is 1. The third-order valence-corrected chi connectivity index (χ3v) is 4.99. The number of hydrogen-bond donors (Lipinski definition) is 2. The van der Waals surface area contributed by atoms with E-state index >= 15 is 0 Å². The Labute approximate surface area is 158 Å². The first-order valence-corrected chi connectivity index (χ1v) is 9.16. The fraction of sp³-hybridized carbons (Fsp3) is 0.174. The molecule has 0 radical (unpaired) electrons. The molecule has 0 atom stereocenters.